The van der Waals surface area contributed by atoms with E-state index in [9.17, 15) is 14.7 Å². The normalized spacial score (nSPS) is 13.4. The molecule has 5 nitrogen and oxygen atoms in total. The number of hydrogen-bond donors (Lipinski definition) is 3. The molecule has 2 amide bonds. The fourth-order valence-electron chi connectivity index (χ4n) is 1.66. The summed E-state index contributed by atoms with van der Waals surface area (Å²) in [5.74, 6) is -1.62. The monoisotopic (exact) mass is 346 g/mol. The van der Waals surface area contributed by atoms with E-state index in [1.54, 1.807) is 6.92 Å². The fraction of sp³-hybridized carbons (Fsp3) is 0.467. The van der Waals surface area contributed by atoms with E-state index < -0.39 is 17.9 Å². The van der Waals surface area contributed by atoms with E-state index in [2.05, 4.69) is 10.6 Å². The van der Waals surface area contributed by atoms with E-state index in [0.717, 1.165) is 6.42 Å². The number of anilines is 1. The van der Waals surface area contributed by atoms with Gasteiger partial charge >= 0.3 is 11.8 Å². The molecule has 0 saturated carbocycles. The van der Waals surface area contributed by atoms with Gasteiger partial charge in [-0.2, -0.15) is 0 Å². The molecule has 1 aromatic rings. The zero-order valence-corrected chi connectivity index (χ0v) is 14.3. The largest absolute Gasteiger partial charge is 0.391 e. The van der Waals surface area contributed by atoms with Gasteiger partial charge in [0.15, 0.2) is 0 Å². The van der Waals surface area contributed by atoms with Crippen LogP contribution in [0.3, 0.4) is 0 Å². The van der Waals surface area contributed by atoms with Crippen LogP contribution in [0.5, 0.6) is 0 Å². The van der Waals surface area contributed by atoms with Gasteiger partial charge < -0.3 is 15.7 Å². The average molecular weight is 347 g/mol. The standard InChI is InChI=1S/C15H20Cl2N2O3/c1-4-8(2)13(20)7-18-14(21)15(22)19-10-5-11(16)9(3)12(17)6-10/h5-6,8,13,20H,4,7H2,1-3H3,(H,18,21)(H,19,22). The molecule has 0 saturated heterocycles. The van der Waals surface area contributed by atoms with Crippen LogP contribution >= 0.6 is 23.2 Å². The predicted molar refractivity (Wildman–Crippen MR) is 88.3 cm³/mol. The summed E-state index contributed by atoms with van der Waals surface area (Å²) in [4.78, 5) is 23.5. The summed E-state index contributed by atoms with van der Waals surface area (Å²) < 4.78 is 0. The summed E-state index contributed by atoms with van der Waals surface area (Å²) in [5.41, 5.74) is 1.03. The molecular formula is C15H20Cl2N2O3. The topological polar surface area (TPSA) is 78.4 Å². The van der Waals surface area contributed by atoms with Gasteiger partial charge in [0.1, 0.15) is 0 Å². The molecule has 0 fully saturated rings. The number of rotatable bonds is 5. The molecule has 0 aliphatic heterocycles. The molecule has 0 heterocycles. The molecule has 0 aromatic heterocycles. The number of aliphatic hydroxyl groups excluding tert-OH is 1. The number of carbonyl (C=O) groups excluding carboxylic acids is 2. The van der Waals surface area contributed by atoms with E-state index >= 15 is 0 Å². The van der Waals surface area contributed by atoms with Crippen LogP contribution in [0.2, 0.25) is 10.0 Å². The minimum absolute atomic E-state index is 0.0245. The molecule has 2 atom stereocenters. The maximum atomic E-state index is 11.8. The van der Waals surface area contributed by atoms with Crippen molar-refractivity contribution in [2.24, 2.45) is 5.92 Å². The fourth-order valence-corrected chi connectivity index (χ4v) is 2.14. The smallest absolute Gasteiger partial charge is 0.313 e. The minimum atomic E-state index is -0.840. The van der Waals surface area contributed by atoms with Crippen molar-refractivity contribution in [3.05, 3.63) is 27.7 Å². The summed E-state index contributed by atoms with van der Waals surface area (Å²) in [6.45, 7) is 5.58. The number of benzene rings is 1. The first-order valence-electron chi connectivity index (χ1n) is 6.99. The molecule has 7 heteroatoms. The highest BCUT2D eigenvalue weighted by atomic mass is 35.5. The van der Waals surface area contributed by atoms with Crippen molar-refractivity contribution in [3.8, 4) is 0 Å². The van der Waals surface area contributed by atoms with Gasteiger partial charge in [0.05, 0.1) is 6.10 Å². The maximum absolute atomic E-state index is 11.8. The quantitative estimate of drug-likeness (QED) is 0.717. The number of carbonyl (C=O) groups is 2. The maximum Gasteiger partial charge on any atom is 0.313 e. The molecule has 0 bridgehead atoms. The number of aliphatic hydroxyl groups is 1. The lowest BCUT2D eigenvalue weighted by Crippen LogP contribution is -2.41. The van der Waals surface area contributed by atoms with Crippen LogP contribution in [0.4, 0.5) is 5.69 Å². The summed E-state index contributed by atoms with van der Waals surface area (Å²) >= 11 is 11.9. The number of amides is 2. The van der Waals surface area contributed by atoms with Crippen LogP contribution in [0.1, 0.15) is 25.8 Å². The van der Waals surface area contributed by atoms with Crippen LogP contribution < -0.4 is 10.6 Å². The summed E-state index contributed by atoms with van der Waals surface area (Å²) in [6, 6.07) is 3.03. The molecule has 2 unspecified atom stereocenters. The van der Waals surface area contributed by atoms with Crippen LogP contribution in [-0.2, 0) is 9.59 Å². The Morgan fingerprint density at radius 2 is 1.77 bits per heavy atom. The third kappa shape index (κ3) is 5.16. The van der Waals surface area contributed by atoms with Gasteiger partial charge in [-0.05, 0) is 30.5 Å². The van der Waals surface area contributed by atoms with Crippen molar-refractivity contribution in [2.75, 3.05) is 11.9 Å². The molecule has 0 spiro atoms. The van der Waals surface area contributed by atoms with Gasteiger partial charge in [-0.15, -0.1) is 0 Å². The molecule has 1 rings (SSSR count). The Kier molecular flexibility index (Phi) is 7.13. The van der Waals surface area contributed by atoms with Crippen LogP contribution in [0.15, 0.2) is 12.1 Å². The Morgan fingerprint density at radius 3 is 2.27 bits per heavy atom. The van der Waals surface area contributed by atoms with Gasteiger partial charge in [-0.1, -0.05) is 43.5 Å². The summed E-state index contributed by atoms with van der Waals surface area (Å²) in [6.07, 6.45) is 0.0915. The second kappa shape index (κ2) is 8.36. The second-order valence-electron chi connectivity index (χ2n) is 5.18. The minimum Gasteiger partial charge on any atom is -0.391 e. The Balaban J connectivity index is 2.60. The first-order chi connectivity index (χ1) is 10.3. The Labute approximate surface area is 140 Å². The highest BCUT2D eigenvalue weighted by molar-refractivity contribution is 6.40. The number of nitrogens with one attached hydrogen (secondary N) is 2. The van der Waals surface area contributed by atoms with E-state index in [4.69, 9.17) is 23.2 Å². The molecule has 3 N–H and O–H groups in total. The highest BCUT2D eigenvalue weighted by Gasteiger charge is 2.18. The lowest BCUT2D eigenvalue weighted by atomic mass is 10.0. The van der Waals surface area contributed by atoms with Gasteiger partial charge in [-0.25, -0.2) is 0 Å². The molecule has 122 valence electrons. The SMILES string of the molecule is CCC(C)C(O)CNC(=O)C(=O)Nc1cc(Cl)c(C)c(Cl)c1. The predicted octanol–water partition coefficient (Wildman–Crippen LogP) is 2.76. The zero-order chi connectivity index (χ0) is 16.9. The summed E-state index contributed by atoms with van der Waals surface area (Å²) in [7, 11) is 0. The molecule has 22 heavy (non-hydrogen) atoms. The third-order valence-corrected chi connectivity index (χ3v) is 4.30. The van der Waals surface area contributed by atoms with Crippen molar-refractivity contribution < 1.29 is 14.7 Å². The number of halogens is 2. The molecule has 1 aromatic carbocycles. The second-order valence-corrected chi connectivity index (χ2v) is 6.00. The van der Waals surface area contributed by atoms with Crippen molar-refractivity contribution in [2.45, 2.75) is 33.3 Å². The Hall–Kier alpha value is -1.30. The summed E-state index contributed by atoms with van der Waals surface area (Å²) in [5, 5.41) is 15.4. The lowest BCUT2D eigenvalue weighted by Gasteiger charge is -2.17. The van der Waals surface area contributed by atoms with Crippen LogP contribution in [-0.4, -0.2) is 29.6 Å². The van der Waals surface area contributed by atoms with E-state index in [1.165, 1.54) is 12.1 Å². The molecule has 0 radical (unpaired) electrons. The van der Waals surface area contributed by atoms with Crippen molar-refractivity contribution >= 4 is 40.7 Å². The van der Waals surface area contributed by atoms with Crippen LogP contribution in [0, 0.1) is 12.8 Å². The van der Waals surface area contributed by atoms with Gasteiger partial charge in [0.25, 0.3) is 0 Å². The van der Waals surface area contributed by atoms with E-state index in [-0.39, 0.29) is 12.5 Å². The van der Waals surface area contributed by atoms with Crippen molar-refractivity contribution in [1.29, 1.82) is 0 Å². The van der Waals surface area contributed by atoms with Crippen LogP contribution in [0.25, 0.3) is 0 Å². The Bertz CT molecular complexity index is 541. The Morgan fingerprint density at radius 1 is 1.23 bits per heavy atom. The first-order valence-corrected chi connectivity index (χ1v) is 7.74. The molecule has 0 aliphatic rings. The molecular weight excluding hydrogens is 327 g/mol. The number of hydrogen-bond acceptors (Lipinski definition) is 3. The van der Waals surface area contributed by atoms with E-state index in [0.29, 0.717) is 21.3 Å². The third-order valence-electron chi connectivity index (χ3n) is 3.52. The van der Waals surface area contributed by atoms with E-state index in [1.807, 2.05) is 13.8 Å². The average Bonchev–Trinajstić information content (AvgIpc) is 2.48. The van der Waals surface area contributed by atoms with Gasteiger partial charge in [0, 0.05) is 22.3 Å². The van der Waals surface area contributed by atoms with Crippen molar-refractivity contribution in [3.63, 3.8) is 0 Å². The van der Waals surface area contributed by atoms with Gasteiger partial charge in [-0.3, -0.25) is 9.59 Å². The molecule has 0 aliphatic carbocycles. The van der Waals surface area contributed by atoms with Gasteiger partial charge in [0.2, 0.25) is 0 Å². The zero-order valence-electron chi connectivity index (χ0n) is 12.7. The van der Waals surface area contributed by atoms with Crippen molar-refractivity contribution in [1.82, 2.24) is 5.32 Å². The lowest BCUT2D eigenvalue weighted by molar-refractivity contribution is -0.136. The highest BCUT2D eigenvalue weighted by Crippen LogP contribution is 2.27. The first kappa shape index (κ1) is 18.7.